The van der Waals surface area contributed by atoms with Gasteiger partial charge < -0.3 is 4.74 Å². The first-order valence-corrected chi connectivity index (χ1v) is 5.24. The number of benzene rings is 1. The lowest BCUT2D eigenvalue weighted by Crippen LogP contribution is -2.08. The topological polar surface area (TPSA) is 67.2 Å². The molecule has 0 saturated carbocycles. The van der Waals surface area contributed by atoms with Crippen molar-refractivity contribution in [2.75, 3.05) is 7.11 Å². The van der Waals surface area contributed by atoms with Crippen LogP contribution in [0.4, 0.5) is 0 Å². The number of nitriles is 1. The molecule has 0 radical (unpaired) electrons. The Balaban J connectivity index is 3.30. The van der Waals surface area contributed by atoms with E-state index in [4.69, 9.17) is 5.26 Å². The maximum Gasteiger partial charge on any atom is 0.309 e. The molecular weight excluding hydrogens is 218 g/mol. The molecule has 88 valence electrons. The summed E-state index contributed by atoms with van der Waals surface area (Å²) in [6.45, 7) is 1.90. The number of hydrogen-bond donors (Lipinski definition) is 0. The van der Waals surface area contributed by atoms with E-state index in [-0.39, 0.29) is 12.4 Å². The number of hydrogen-bond acceptors (Lipinski definition) is 4. The van der Waals surface area contributed by atoms with Gasteiger partial charge in [-0.05, 0) is 29.7 Å². The lowest BCUT2D eigenvalue weighted by molar-refractivity contribution is -0.139. The van der Waals surface area contributed by atoms with Crippen LogP contribution in [-0.4, -0.2) is 19.4 Å². The predicted octanol–water partition coefficient (Wildman–Crippen LogP) is 1.65. The van der Waals surface area contributed by atoms with Crippen LogP contribution in [0.3, 0.4) is 0 Å². The van der Waals surface area contributed by atoms with Crippen LogP contribution in [-0.2, 0) is 22.4 Å². The first kappa shape index (κ1) is 12.9. The van der Waals surface area contributed by atoms with Gasteiger partial charge in [-0.25, -0.2) is 0 Å². The second kappa shape index (κ2) is 5.80. The molecule has 0 amide bonds. The molecule has 1 rings (SSSR count). The van der Waals surface area contributed by atoms with E-state index < -0.39 is 0 Å². The summed E-state index contributed by atoms with van der Waals surface area (Å²) in [6, 6.07) is 5.20. The molecule has 0 aliphatic heterocycles. The fourth-order valence-electron chi connectivity index (χ4n) is 1.73. The highest BCUT2D eigenvalue weighted by Crippen LogP contribution is 2.18. The second-order valence-electron chi connectivity index (χ2n) is 3.54. The van der Waals surface area contributed by atoms with Crippen molar-refractivity contribution in [2.24, 2.45) is 0 Å². The van der Waals surface area contributed by atoms with Gasteiger partial charge >= 0.3 is 5.97 Å². The van der Waals surface area contributed by atoms with Crippen LogP contribution in [0.25, 0.3) is 0 Å². The fourth-order valence-corrected chi connectivity index (χ4v) is 1.73. The quantitative estimate of drug-likeness (QED) is 0.583. The maximum atomic E-state index is 11.3. The summed E-state index contributed by atoms with van der Waals surface area (Å²) in [6.07, 6.45) is 1.38. The van der Waals surface area contributed by atoms with Gasteiger partial charge in [0.25, 0.3) is 0 Å². The molecule has 4 nitrogen and oxygen atoms in total. The Kier molecular flexibility index (Phi) is 4.41. The van der Waals surface area contributed by atoms with Crippen molar-refractivity contribution < 1.29 is 14.3 Å². The van der Waals surface area contributed by atoms with Gasteiger partial charge in [0.1, 0.15) is 6.29 Å². The molecule has 0 heterocycles. The third kappa shape index (κ3) is 2.91. The largest absolute Gasteiger partial charge is 0.469 e. The Morgan fingerprint density at radius 2 is 2.24 bits per heavy atom. The van der Waals surface area contributed by atoms with Gasteiger partial charge in [-0.1, -0.05) is 6.92 Å². The first-order valence-electron chi connectivity index (χ1n) is 5.24. The summed E-state index contributed by atoms with van der Waals surface area (Å²) >= 11 is 0. The summed E-state index contributed by atoms with van der Waals surface area (Å²) < 4.78 is 4.59. The van der Waals surface area contributed by atoms with Gasteiger partial charge in [0.15, 0.2) is 0 Å². The standard InChI is InChI=1S/C13H13NO3/c1-3-12-10(6-13(16)17-2)4-9(8-15)5-11(12)7-14/h4-5,8H,3,6H2,1-2H3. The summed E-state index contributed by atoms with van der Waals surface area (Å²) in [5.74, 6) is -0.383. The molecule has 0 spiro atoms. The average molecular weight is 231 g/mol. The Labute approximate surface area is 99.8 Å². The maximum absolute atomic E-state index is 11.3. The fraction of sp³-hybridized carbons (Fsp3) is 0.308. The normalized spacial score (nSPS) is 9.47. The number of nitrogens with zero attached hydrogens (tertiary/aromatic N) is 1. The minimum Gasteiger partial charge on any atom is -0.469 e. The molecule has 0 aliphatic carbocycles. The van der Waals surface area contributed by atoms with Crippen LogP contribution in [0.15, 0.2) is 12.1 Å². The summed E-state index contributed by atoms with van der Waals surface area (Å²) in [5.41, 5.74) is 2.32. The molecule has 0 unspecified atom stereocenters. The third-order valence-corrected chi connectivity index (χ3v) is 2.54. The highest BCUT2D eigenvalue weighted by Gasteiger charge is 2.12. The van der Waals surface area contributed by atoms with E-state index in [0.29, 0.717) is 29.4 Å². The lowest BCUT2D eigenvalue weighted by atomic mass is 9.95. The molecule has 1 aromatic carbocycles. The zero-order valence-corrected chi connectivity index (χ0v) is 9.82. The highest BCUT2D eigenvalue weighted by atomic mass is 16.5. The molecule has 17 heavy (non-hydrogen) atoms. The molecule has 0 N–H and O–H groups in total. The number of esters is 1. The second-order valence-corrected chi connectivity index (χ2v) is 3.54. The number of ether oxygens (including phenoxy) is 1. The number of rotatable bonds is 4. The smallest absolute Gasteiger partial charge is 0.309 e. The molecule has 4 heteroatoms. The number of methoxy groups -OCH3 is 1. The highest BCUT2D eigenvalue weighted by molar-refractivity contribution is 5.79. The van der Waals surface area contributed by atoms with Crippen molar-refractivity contribution >= 4 is 12.3 Å². The SMILES string of the molecule is CCc1c(C#N)cc(C=O)cc1CC(=O)OC. The molecule has 0 bridgehead atoms. The number of aldehydes is 1. The van der Waals surface area contributed by atoms with Crippen LogP contribution in [0.5, 0.6) is 0 Å². The summed E-state index contributed by atoms with van der Waals surface area (Å²) in [5, 5.41) is 9.00. The third-order valence-electron chi connectivity index (χ3n) is 2.54. The van der Waals surface area contributed by atoms with Gasteiger partial charge in [-0.2, -0.15) is 5.26 Å². The van der Waals surface area contributed by atoms with E-state index in [0.717, 1.165) is 5.56 Å². The molecule has 1 aromatic rings. The molecule has 0 saturated heterocycles. The Morgan fingerprint density at radius 3 is 2.71 bits per heavy atom. The van der Waals surface area contributed by atoms with E-state index in [1.165, 1.54) is 13.2 Å². The number of carbonyl (C=O) groups excluding carboxylic acids is 2. The van der Waals surface area contributed by atoms with Crippen molar-refractivity contribution in [3.8, 4) is 6.07 Å². The van der Waals surface area contributed by atoms with Crippen LogP contribution in [0, 0.1) is 11.3 Å². The van der Waals surface area contributed by atoms with Gasteiger partial charge in [0, 0.05) is 5.56 Å². The first-order chi connectivity index (χ1) is 8.15. The average Bonchev–Trinajstić information content (AvgIpc) is 2.37. The molecular formula is C13H13NO3. The van der Waals surface area contributed by atoms with Gasteiger partial charge in [-0.3, -0.25) is 9.59 Å². The van der Waals surface area contributed by atoms with E-state index in [1.54, 1.807) is 6.07 Å². The predicted molar refractivity (Wildman–Crippen MR) is 61.6 cm³/mol. The minimum atomic E-state index is -0.383. The van der Waals surface area contributed by atoms with Crippen molar-refractivity contribution in [2.45, 2.75) is 19.8 Å². The Morgan fingerprint density at radius 1 is 1.53 bits per heavy atom. The zero-order valence-electron chi connectivity index (χ0n) is 9.82. The van der Waals surface area contributed by atoms with E-state index in [9.17, 15) is 9.59 Å². The van der Waals surface area contributed by atoms with Crippen LogP contribution in [0.1, 0.15) is 34.0 Å². The number of carbonyl (C=O) groups is 2. The molecule has 0 aromatic heterocycles. The van der Waals surface area contributed by atoms with E-state index in [1.807, 2.05) is 13.0 Å². The van der Waals surface area contributed by atoms with Crippen LogP contribution < -0.4 is 0 Å². The van der Waals surface area contributed by atoms with Crippen molar-refractivity contribution in [3.05, 3.63) is 34.4 Å². The monoisotopic (exact) mass is 231 g/mol. The summed E-state index contributed by atoms with van der Waals surface area (Å²) in [4.78, 5) is 22.0. The summed E-state index contributed by atoms with van der Waals surface area (Å²) in [7, 11) is 1.31. The van der Waals surface area contributed by atoms with Crippen LogP contribution in [0.2, 0.25) is 0 Å². The van der Waals surface area contributed by atoms with Crippen LogP contribution >= 0.6 is 0 Å². The van der Waals surface area contributed by atoms with Gasteiger partial charge in [-0.15, -0.1) is 0 Å². The Bertz CT molecular complexity index is 486. The minimum absolute atomic E-state index is 0.0794. The zero-order chi connectivity index (χ0) is 12.8. The molecule has 0 aliphatic rings. The van der Waals surface area contributed by atoms with E-state index in [2.05, 4.69) is 4.74 Å². The van der Waals surface area contributed by atoms with Crippen molar-refractivity contribution in [1.29, 1.82) is 5.26 Å². The van der Waals surface area contributed by atoms with Crippen molar-refractivity contribution in [1.82, 2.24) is 0 Å². The van der Waals surface area contributed by atoms with Crippen molar-refractivity contribution in [3.63, 3.8) is 0 Å². The van der Waals surface area contributed by atoms with Gasteiger partial charge in [0.05, 0.1) is 25.2 Å². The van der Waals surface area contributed by atoms with E-state index >= 15 is 0 Å². The lowest BCUT2D eigenvalue weighted by Gasteiger charge is -2.09. The Hall–Kier alpha value is -2.15. The molecule has 0 atom stereocenters. The molecule has 0 fully saturated rings. The van der Waals surface area contributed by atoms with Gasteiger partial charge in [0.2, 0.25) is 0 Å².